The number of rotatable bonds is 5. The average molecular weight is 417 g/mol. The summed E-state index contributed by atoms with van der Waals surface area (Å²) in [5.41, 5.74) is 12.1. The van der Waals surface area contributed by atoms with Crippen molar-refractivity contribution in [1.82, 2.24) is 10.9 Å². The number of fused-ring (bicyclic) bond motifs is 2. The summed E-state index contributed by atoms with van der Waals surface area (Å²) in [5, 5.41) is 10.3. The number of hydrazine groups is 1. The maximum atomic E-state index is 11.2. The highest BCUT2D eigenvalue weighted by Crippen LogP contribution is 2.50. The number of amides is 2. The predicted molar refractivity (Wildman–Crippen MR) is 105 cm³/mol. The fraction of sp³-hybridized carbons (Fsp3) is 0.350. The van der Waals surface area contributed by atoms with Crippen LogP contribution in [0, 0.1) is 5.92 Å². The van der Waals surface area contributed by atoms with Crippen molar-refractivity contribution in [3.05, 3.63) is 35.4 Å². The van der Waals surface area contributed by atoms with Gasteiger partial charge in [0.05, 0.1) is 14.2 Å². The monoisotopic (exact) mass is 417 g/mol. The Morgan fingerprint density at radius 2 is 1.73 bits per heavy atom. The van der Waals surface area contributed by atoms with Crippen molar-refractivity contribution in [2.45, 2.75) is 19.1 Å². The van der Waals surface area contributed by atoms with E-state index in [-0.39, 0.29) is 35.9 Å². The molecule has 0 aliphatic carbocycles. The Bertz CT molecular complexity index is 956. The van der Waals surface area contributed by atoms with E-state index in [1.807, 2.05) is 13.0 Å². The largest absolute Gasteiger partial charge is 0.502 e. The third-order valence-corrected chi connectivity index (χ3v) is 5.30. The summed E-state index contributed by atoms with van der Waals surface area (Å²) in [6.45, 7) is 2.09. The molecule has 5 N–H and O–H groups in total. The number of phenols is 1. The third-order valence-electron chi connectivity index (χ3n) is 5.30. The molecule has 2 amide bonds. The number of ether oxygens (including phenoxy) is 5. The molecule has 4 rings (SSSR count). The molecule has 0 unspecified atom stereocenters. The summed E-state index contributed by atoms with van der Waals surface area (Å²) >= 11 is 0. The normalized spacial score (nSPS) is 21.4. The molecule has 0 fully saturated rings. The van der Waals surface area contributed by atoms with Gasteiger partial charge in [-0.05, 0) is 23.8 Å². The van der Waals surface area contributed by atoms with Gasteiger partial charge in [0.15, 0.2) is 29.2 Å². The van der Waals surface area contributed by atoms with Crippen LogP contribution in [0.4, 0.5) is 4.79 Å². The lowest BCUT2D eigenvalue weighted by molar-refractivity contribution is 0.0691. The first-order chi connectivity index (χ1) is 14.4. The first-order valence-electron chi connectivity index (χ1n) is 9.29. The minimum absolute atomic E-state index is 0.0838. The third kappa shape index (κ3) is 3.35. The lowest BCUT2D eigenvalue weighted by Crippen LogP contribution is -2.54. The molecule has 3 atom stereocenters. The van der Waals surface area contributed by atoms with Crippen LogP contribution in [-0.4, -0.2) is 38.4 Å². The molecule has 10 nitrogen and oxygen atoms in total. The Hall–Kier alpha value is -3.53. The predicted octanol–water partition coefficient (Wildman–Crippen LogP) is 1.80. The number of urea groups is 1. The van der Waals surface area contributed by atoms with Gasteiger partial charge < -0.3 is 34.5 Å². The second kappa shape index (κ2) is 7.71. The van der Waals surface area contributed by atoms with Crippen LogP contribution in [0.3, 0.4) is 0 Å². The van der Waals surface area contributed by atoms with E-state index in [0.717, 1.165) is 11.1 Å². The fourth-order valence-electron chi connectivity index (χ4n) is 3.87. The molecular formula is C20H23N3O7. The van der Waals surface area contributed by atoms with Crippen molar-refractivity contribution in [3.8, 4) is 34.5 Å². The SMILES string of the molecule is COc1cc([C@@H]2c3cc4c(cc3O[C@@H](NNC(N)=O)[C@H]2C)OCO4)cc(OC)c1O. The van der Waals surface area contributed by atoms with Crippen molar-refractivity contribution in [2.75, 3.05) is 21.0 Å². The second-order valence-electron chi connectivity index (χ2n) is 7.03. The van der Waals surface area contributed by atoms with Gasteiger partial charge in [0.25, 0.3) is 0 Å². The summed E-state index contributed by atoms with van der Waals surface area (Å²) < 4.78 is 27.7. The highest BCUT2D eigenvalue weighted by atomic mass is 16.7. The van der Waals surface area contributed by atoms with Gasteiger partial charge in [-0.3, -0.25) is 5.43 Å². The van der Waals surface area contributed by atoms with Gasteiger partial charge in [-0.2, -0.15) is 5.43 Å². The maximum Gasteiger partial charge on any atom is 0.326 e. The van der Waals surface area contributed by atoms with Crippen LogP contribution in [0.2, 0.25) is 0 Å². The van der Waals surface area contributed by atoms with Gasteiger partial charge in [0.2, 0.25) is 12.5 Å². The van der Waals surface area contributed by atoms with Crippen molar-refractivity contribution in [1.29, 1.82) is 0 Å². The number of aromatic hydroxyl groups is 1. The zero-order valence-corrected chi connectivity index (χ0v) is 16.7. The molecule has 0 saturated heterocycles. The van der Waals surface area contributed by atoms with E-state index in [0.29, 0.717) is 17.2 Å². The van der Waals surface area contributed by atoms with Crippen LogP contribution in [0.25, 0.3) is 0 Å². The topological polar surface area (TPSA) is 134 Å². The highest BCUT2D eigenvalue weighted by Gasteiger charge is 2.39. The maximum absolute atomic E-state index is 11.2. The molecule has 0 radical (unpaired) electrons. The smallest absolute Gasteiger partial charge is 0.326 e. The van der Waals surface area contributed by atoms with E-state index >= 15 is 0 Å². The lowest BCUT2D eigenvalue weighted by Gasteiger charge is -2.38. The minimum atomic E-state index is -0.730. The fourth-order valence-corrected chi connectivity index (χ4v) is 3.87. The number of hydrogen-bond donors (Lipinski definition) is 4. The van der Waals surface area contributed by atoms with E-state index < -0.39 is 12.3 Å². The molecule has 0 bridgehead atoms. The number of hydrogen-bond acceptors (Lipinski definition) is 8. The molecule has 2 aromatic rings. The number of methoxy groups -OCH3 is 2. The standard InChI is InChI=1S/C20H23N3O7/c1-9-17(10-4-15(26-2)18(24)16(5-10)27-3)11-6-13-14(29-8-28-13)7-12(11)30-19(9)22-23-20(21)25/h4-7,9,17,19,22,24H,8H2,1-3H3,(H3,21,23,25)/t9-,17+,19+/m0/s1. The number of primary amides is 1. The highest BCUT2D eigenvalue weighted by molar-refractivity contribution is 5.71. The number of carbonyl (C=O) groups excluding carboxylic acids is 1. The Balaban J connectivity index is 1.83. The summed E-state index contributed by atoms with van der Waals surface area (Å²) in [4.78, 5) is 11.2. The summed E-state index contributed by atoms with van der Waals surface area (Å²) in [5.74, 6) is 1.84. The molecule has 2 aliphatic rings. The zero-order chi connectivity index (χ0) is 21.4. The molecule has 30 heavy (non-hydrogen) atoms. The summed E-state index contributed by atoms with van der Waals surface area (Å²) in [7, 11) is 2.94. The van der Waals surface area contributed by atoms with Crippen molar-refractivity contribution in [3.63, 3.8) is 0 Å². The van der Waals surface area contributed by atoms with Gasteiger partial charge in [-0.15, -0.1) is 0 Å². The van der Waals surface area contributed by atoms with Gasteiger partial charge >= 0.3 is 6.03 Å². The minimum Gasteiger partial charge on any atom is -0.502 e. The molecule has 2 heterocycles. The quantitative estimate of drug-likeness (QED) is 0.541. The molecule has 2 aliphatic heterocycles. The van der Waals surface area contributed by atoms with E-state index in [4.69, 9.17) is 29.4 Å². The lowest BCUT2D eigenvalue weighted by atomic mass is 9.78. The van der Waals surface area contributed by atoms with Crippen LogP contribution < -0.4 is 40.3 Å². The van der Waals surface area contributed by atoms with Crippen LogP contribution in [-0.2, 0) is 0 Å². The first-order valence-corrected chi connectivity index (χ1v) is 9.29. The van der Waals surface area contributed by atoms with Crippen LogP contribution in [0.15, 0.2) is 24.3 Å². The average Bonchev–Trinajstić information content (AvgIpc) is 3.18. The van der Waals surface area contributed by atoms with Crippen molar-refractivity contribution < 1.29 is 33.6 Å². The van der Waals surface area contributed by atoms with E-state index in [1.54, 1.807) is 18.2 Å². The van der Waals surface area contributed by atoms with Gasteiger partial charge in [0.1, 0.15) is 5.75 Å². The summed E-state index contributed by atoms with van der Waals surface area (Å²) in [6.07, 6.45) is -0.596. The molecule has 0 spiro atoms. The number of nitrogens with one attached hydrogen (secondary N) is 2. The van der Waals surface area contributed by atoms with Crippen LogP contribution in [0.1, 0.15) is 24.0 Å². The van der Waals surface area contributed by atoms with Gasteiger partial charge in [0, 0.05) is 23.5 Å². The number of carbonyl (C=O) groups is 1. The molecule has 0 aromatic heterocycles. The van der Waals surface area contributed by atoms with Crippen LogP contribution >= 0.6 is 0 Å². The summed E-state index contributed by atoms with van der Waals surface area (Å²) in [6, 6.07) is 6.40. The Kier molecular flexibility index (Phi) is 5.08. The molecule has 0 saturated carbocycles. The van der Waals surface area contributed by atoms with Crippen molar-refractivity contribution in [2.24, 2.45) is 11.7 Å². The second-order valence-corrected chi connectivity index (χ2v) is 7.03. The molecule has 10 heteroatoms. The van der Waals surface area contributed by atoms with Gasteiger partial charge in [-0.25, -0.2) is 4.79 Å². The Morgan fingerprint density at radius 1 is 1.10 bits per heavy atom. The van der Waals surface area contributed by atoms with E-state index in [9.17, 15) is 9.90 Å². The van der Waals surface area contributed by atoms with E-state index in [1.165, 1.54) is 14.2 Å². The Labute approximate surface area is 172 Å². The zero-order valence-electron chi connectivity index (χ0n) is 16.7. The van der Waals surface area contributed by atoms with Crippen molar-refractivity contribution >= 4 is 6.03 Å². The van der Waals surface area contributed by atoms with Gasteiger partial charge in [-0.1, -0.05) is 6.92 Å². The van der Waals surface area contributed by atoms with Crippen LogP contribution in [0.5, 0.6) is 34.5 Å². The number of nitrogens with two attached hydrogens (primary N) is 1. The Morgan fingerprint density at radius 3 is 2.33 bits per heavy atom. The van der Waals surface area contributed by atoms with E-state index in [2.05, 4.69) is 10.9 Å². The molecule has 160 valence electrons. The number of phenolic OH excluding ortho intramolecular Hbond substituents is 1. The number of benzene rings is 2. The molecule has 2 aromatic carbocycles. The molecular weight excluding hydrogens is 394 g/mol. The first kappa shape index (κ1) is 19.8.